The van der Waals surface area contributed by atoms with E-state index in [4.69, 9.17) is 0 Å². The van der Waals surface area contributed by atoms with Crippen molar-refractivity contribution in [3.8, 4) is 11.4 Å². The maximum atomic E-state index is 13.2. The van der Waals surface area contributed by atoms with E-state index in [1.807, 2.05) is 24.3 Å². The number of hydrogen-bond donors (Lipinski definition) is 3. The van der Waals surface area contributed by atoms with Gasteiger partial charge in [-0.3, -0.25) is 15.4 Å². The third kappa shape index (κ3) is 4.72. The summed E-state index contributed by atoms with van der Waals surface area (Å²) in [5, 5.41) is 15.0. The van der Waals surface area contributed by atoms with E-state index in [1.165, 1.54) is 35.2 Å². The van der Waals surface area contributed by atoms with Gasteiger partial charge in [-0.15, -0.1) is 5.10 Å². The van der Waals surface area contributed by atoms with Crippen LogP contribution in [0.5, 0.6) is 5.75 Å². The first-order valence-electron chi connectivity index (χ1n) is 10.2. The highest BCUT2D eigenvalue weighted by Crippen LogP contribution is 2.22. The van der Waals surface area contributed by atoms with Crippen LogP contribution in [0, 0.1) is 0 Å². The Balaban J connectivity index is 1.68. The predicted octanol–water partition coefficient (Wildman–Crippen LogP) is 2.10. The number of benzene rings is 2. The molecular weight excluding hydrogens is 420 g/mol. The minimum absolute atomic E-state index is 0.00534. The normalized spacial score (nSPS) is 14.9. The fourth-order valence-electron chi connectivity index (χ4n) is 3.75. The summed E-state index contributed by atoms with van der Waals surface area (Å²) in [7, 11) is 0. The number of aromatic nitrogens is 3. The summed E-state index contributed by atoms with van der Waals surface area (Å²) in [5.74, 6) is 0.498. The van der Waals surface area contributed by atoms with Crippen LogP contribution in [0.4, 0.5) is 8.78 Å². The molecule has 1 aliphatic heterocycles. The van der Waals surface area contributed by atoms with Crippen molar-refractivity contribution in [2.45, 2.75) is 38.5 Å². The second kappa shape index (κ2) is 8.81. The van der Waals surface area contributed by atoms with Crippen molar-refractivity contribution in [2.75, 3.05) is 13.1 Å². The van der Waals surface area contributed by atoms with Gasteiger partial charge < -0.3 is 9.84 Å². The molecule has 10 heteroatoms. The fourth-order valence-corrected chi connectivity index (χ4v) is 3.75. The van der Waals surface area contributed by atoms with E-state index < -0.39 is 17.9 Å². The molecule has 0 spiro atoms. The monoisotopic (exact) mass is 445 g/mol. The van der Waals surface area contributed by atoms with Crippen molar-refractivity contribution in [1.82, 2.24) is 25.2 Å². The van der Waals surface area contributed by atoms with Crippen LogP contribution in [0.25, 0.3) is 5.69 Å². The molecular formula is C22H25F2N5O3. The minimum Gasteiger partial charge on any atom is -0.435 e. The molecule has 2 heterocycles. The van der Waals surface area contributed by atoms with Gasteiger partial charge in [0.25, 0.3) is 0 Å². The van der Waals surface area contributed by atoms with Crippen LogP contribution in [-0.4, -0.2) is 39.2 Å². The molecule has 8 nitrogen and oxygen atoms in total. The molecule has 0 aliphatic carbocycles. The van der Waals surface area contributed by atoms with Crippen molar-refractivity contribution in [1.29, 1.82) is 0 Å². The van der Waals surface area contributed by atoms with Crippen LogP contribution < -0.4 is 21.3 Å². The third-order valence-corrected chi connectivity index (χ3v) is 5.30. The first-order valence-corrected chi connectivity index (χ1v) is 10.2. The molecule has 0 saturated carbocycles. The Kier molecular flexibility index (Phi) is 6.09. The summed E-state index contributed by atoms with van der Waals surface area (Å²) in [6.07, 6.45) is 0. The van der Waals surface area contributed by atoms with Crippen LogP contribution in [0.1, 0.15) is 36.7 Å². The lowest BCUT2D eigenvalue weighted by molar-refractivity contribution is -0.0498. The summed E-state index contributed by atoms with van der Waals surface area (Å²) >= 11 is 0. The van der Waals surface area contributed by atoms with Gasteiger partial charge in [0, 0.05) is 19.0 Å². The van der Waals surface area contributed by atoms with Crippen LogP contribution in [-0.2, 0) is 12.1 Å². The number of nitrogens with zero attached hydrogens (tertiary/aromatic N) is 3. The zero-order chi connectivity index (χ0) is 22.9. The molecule has 0 amide bonds. The average molecular weight is 445 g/mol. The zero-order valence-electron chi connectivity index (χ0n) is 17.8. The number of hydrogen-bond acceptors (Lipinski definition) is 6. The number of ether oxygens (including phenoxy) is 1. The van der Waals surface area contributed by atoms with Gasteiger partial charge >= 0.3 is 12.3 Å². The first kappa shape index (κ1) is 22.1. The Hall–Kier alpha value is -3.08. The number of alkyl halides is 2. The lowest BCUT2D eigenvalue weighted by Crippen LogP contribution is -2.28. The highest BCUT2D eigenvalue weighted by Gasteiger charge is 2.27. The van der Waals surface area contributed by atoms with Crippen LogP contribution in [0.15, 0.2) is 53.3 Å². The molecule has 1 saturated heterocycles. The Morgan fingerprint density at radius 2 is 1.88 bits per heavy atom. The van der Waals surface area contributed by atoms with Gasteiger partial charge in [0.05, 0.1) is 12.2 Å². The Morgan fingerprint density at radius 1 is 1.19 bits per heavy atom. The van der Waals surface area contributed by atoms with Crippen LogP contribution >= 0.6 is 0 Å². The maximum Gasteiger partial charge on any atom is 0.387 e. The van der Waals surface area contributed by atoms with Crippen LogP contribution in [0.2, 0.25) is 0 Å². The highest BCUT2D eigenvalue weighted by atomic mass is 19.3. The standard InChI is InChI=1S/C22H25F2N5O3/c1-22(2,31)19-27-29(17-8-6-15(7-9-17)16-11-25-26-12-16)21(30)28(19)13-14-4-3-5-18(10-14)32-20(23)24/h3-10,16,20,25-26,31H,11-13H2,1-2H3. The van der Waals surface area contributed by atoms with E-state index in [0.29, 0.717) is 17.2 Å². The Labute approximate surface area is 183 Å². The van der Waals surface area contributed by atoms with Crippen molar-refractivity contribution < 1.29 is 18.6 Å². The smallest absolute Gasteiger partial charge is 0.387 e. The van der Waals surface area contributed by atoms with Gasteiger partial charge in [0.1, 0.15) is 11.4 Å². The van der Waals surface area contributed by atoms with E-state index in [2.05, 4.69) is 20.7 Å². The van der Waals surface area contributed by atoms with Gasteiger partial charge in [-0.25, -0.2) is 4.79 Å². The lowest BCUT2D eigenvalue weighted by Gasteiger charge is -2.17. The maximum absolute atomic E-state index is 13.2. The topological polar surface area (TPSA) is 93.3 Å². The van der Waals surface area contributed by atoms with E-state index in [1.54, 1.807) is 12.1 Å². The van der Waals surface area contributed by atoms with Gasteiger partial charge in [-0.1, -0.05) is 24.3 Å². The molecule has 0 radical (unpaired) electrons. The van der Waals surface area contributed by atoms with Crippen molar-refractivity contribution in [3.63, 3.8) is 0 Å². The zero-order valence-corrected chi connectivity index (χ0v) is 17.8. The summed E-state index contributed by atoms with van der Waals surface area (Å²) in [4.78, 5) is 13.2. The van der Waals surface area contributed by atoms with Crippen molar-refractivity contribution >= 4 is 0 Å². The Bertz CT molecular complexity index is 1130. The molecule has 32 heavy (non-hydrogen) atoms. The molecule has 1 aromatic heterocycles. The number of hydrazine groups is 1. The lowest BCUT2D eigenvalue weighted by atomic mass is 10.0. The number of halogens is 2. The summed E-state index contributed by atoms with van der Waals surface area (Å²) in [6, 6.07) is 13.6. The fraction of sp³-hybridized carbons (Fsp3) is 0.364. The molecule has 3 aromatic rings. The molecule has 4 rings (SSSR count). The molecule has 0 bridgehead atoms. The molecule has 2 aromatic carbocycles. The van der Waals surface area contributed by atoms with Gasteiger partial charge in [0.2, 0.25) is 0 Å². The molecule has 0 unspecified atom stereocenters. The highest BCUT2D eigenvalue weighted by molar-refractivity contribution is 5.36. The molecule has 1 aliphatic rings. The number of nitrogens with one attached hydrogen (secondary N) is 2. The van der Waals surface area contributed by atoms with E-state index in [0.717, 1.165) is 18.7 Å². The molecule has 1 fully saturated rings. The third-order valence-electron chi connectivity index (χ3n) is 5.30. The van der Waals surface area contributed by atoms with E-state index in [-0.39, 0.29) is 18.1 Å². The average Bonchev–Trinajstić information content (AvgIpc) is 3.37. The van der Waals surface area contributed by atoms with Gasteiger partial charge in [-0.2, -0.15) is 13.5 Å². The minimum atomic E-state index is -2.94. The SMILES string of the molecule is CC(C)(O)c1nn(-c2ccc(C3CNNC3)cc2)c(=O)n1Cc1cccc(OC(F)F)c1. The second-order valence-corrected chi connectivity index (χ2v) is 8.24. The van der Waals surface area contributed by atoms with Gasteiger partial charge in [-0.05, 0) is 49.2 Å². The quantitative estimate of drug-likeness (QED) is 0.516. The number of aliphatic hydroxyl groups is 1. The molecule has 3 N–H and O–H groups in total. The second-order valence-electron chi connectivity index (χ2n) is 8.24. The number of rotatable bonds is 7. The van der Waals surface area contributed by atoms with E-state index >= 15 is 0 Å². The van der Waals surface area contributed by atoms with Crippen molar-refractivity contribution in [2.24, 2.45) is 0 Å². The summed E-state index contributed by atoms with van der Waals surface area (Å²) in [5.41, 5.74) is 6.60. The summed E-state index contributed by atoms with van der Waals surface area (Å²) in [6.45, 7) is 1.82. The largest absolute Gasteiger partial charge is 0.435 e. The molecule has 170 valence electrons. The molecule has 0 atom stereocenters. The first-order chi connectivity index (χ1) is 15.2. The van der Waals surface area contributed by atoms with Gasteiger partial charge in [0.15, 0.2) is 5.82 Å². The van der Waals surface area contributed by atoms with Crippen LogP contribution in [0.3, 0.4) is 0 Å². The summed E-state index contributed by atoms with van der Waals surface area (Å²) < 4.78 is 32.1. The Morgan fingerprint density at radius 3 is 2.50 bits per heavy atom. The van der Waals surface area contributed by atoms with E-state index in [9.17, 15) is 18.7 Å². The predicted molar refractivity (Wildman–Crippen MR) is 114 cm³/mol. The van der Waals surface area contributed by atoms with Crippen molar-refractivity contribution in [3.05, 3.63) is 76.0 Å².